The van der Waals surface area contributed by atoms with Crippen molar-refractivity contribution in [2.75, 3.05) is 5.32 Å². The summed E-state index contributed by atoms with van der Waals surface area (Å²) < 4.78 is 5.56. The Kier molecular flexibility index (Phi) is 10.6. The van der Waals surface area contributed by atoms with Crippen LogP contribution in [0.2, 0.25) is 0 Å². The van der Waals surface area contributed by atoms with Crippen LogP contribution in [-0.2, 0) is 20.7 Å². The highest BCUT2D eigenvalue weighted by Gasteiger charge is 2.43. The van der Waals surface area contributed by atoms with Gasteiger partial charge in [-0.3, -0.25) is 9.59 Å². The third kappa shape index (κ3) is 8.91. The number of phenols is 1. The molecule has 0 heterocycles. The number of aromatic hydroxyl groups is 1. The first-order chi connectivity index (χ1) is 22.1. The minimum Gasteiger partial charge on any atom is -0.508 e. The normalized spacial score (nSPS) is 13.0. The molecule has 2 atom stereocenters. The standard InChI is InChI=1S/C39H47N3O5/c1-9-39(7,8)42(36(45)33(41-37(46)47-38(4,5)6)23-27-15-20-32(43)21-16-27)34(30-17-14-25(2)26(3)22-30)35(44)40-31-19-18-28-12-10-11-13-29(28)24-31/h10-22,24,33-34,43H,9,23H2,1-8H3,(H,40,44)(H,41,46). The number of benzene rings is 4. The number of carbonyl (C=O) groups excluding carboxylic acids is 3. The summed E-state index contributed by atoms with van der Waals surface area (Å²) in [5.74, 6) is -0.725. The Morgan fingerprint density at radius 2 is 1.49 bits per heavy atom. The SMILES string of the molecule is CCC(C)(C)N(C(=O)C(Cc1ccc(O)cc1)NC(=O)OC(C)(C)C)C(C(=O)Nc1ccc2ccccc2c1)c1ccc(C)c(C)c1. The predicted octanol–water partition coefficient (Wildman–Crippen LogP) is 8.00. The largest absolute Gasteiger partial charge is 0.508 e. The van der Waals surface area contributed by atoms with Crippen LogP contribution in [-0.4, -0.2) is 45.1 Å². The third-order valence-electron chi connectivity index (χ3n) is 8.49. The van der Waals surface area contributed by atoms with E-state index in [1.165, 1.54) is 12.1 Å². The van der Waals surface area contributed by atoms with Gasteiger partial charge in [-0.15, -0.1) is 0 Å². The fourth-order valence-electron chi connectivity index (χ4n) is 5.46. The van der Waals surface area contributed by atoms with E-state index in [0.717, 1.165) is 27.5 Å². The molecule has 0 aliphatic carbocycles. The molecule has 4 aromatic rings. The molecule has 2 unspecified atom stereocenters. The van der Waals surface area contributed by atoms with E-state index in [-0.39, 0.29) is 18.1 Å². The zero-order valence-corrected chi connectivity index (χ0v) is 28.7. The van der Waals surface area contributed by atoms with E-state index in [0.29, 0.717) is 17.7 Å². The average molecular weight is 638 g/mol. The molecule has 0 aliphatic heterocycles. The maximum absolute atomic E-state index is 14.9. The summed E-state index contributed by atoms with van der Waals surface area (Å²) in [6.07, 6.45) is -0.102. The van der Waals surface area contributed by atoms with Crippen molar-refractivity contribution in [3.63, 3.8) is 0 Å². The molecule has 0 bridgehead atoms. The molecule has 0 aromatic heterocycles. The highest BCUT2D eigenvalue weighted by atomic mass is 16.6. The maximum atomic E-state index is 14.9. The van der Waals surface area contributed by atoms with Gasteiger partial charge in [-0.05, 0) is 112 Å². The van der Waals surface area contributed by atoms with Gasteiger partial charge in [0.2, 0.25) is 5.91 Å². The van der Waals surface area contributed by atoms with Gasteiger partial charge < -0.3 is 25.4 Å². The van der Waals surface area contributed by atoms with Crippen LogP contribution in [0.1, 0.15) is 76.3 Å². The Balaban J connectivity index is 1.83. The molecule has 0 saturated heterocycles. The van der Waals surface area contributed by atoms with Crippen molar-refractivity contribution in [3.8, 4) is 5.75 Å². The van der Waals surface area contributed by atoms with Crippen LogP contribution in [0.25, 0.3) is 10.8 Å². The second kappa shape index (κ2) is 14.3. The smallest absolute Gasteiger partial charge is 0.408 e. The van der Waals surface area contributed by atoms with E-state index in [4.69, 9.17) is 4.74 Å². The van der Waals surface area contributed by atoms with Gasteiger partial charge in [0.25, 0.3) is 5.91 Å². The van der Waals surface area contributed by atoms with Crippen molar-refractivity contribution >= 4 is 34.4 Å². The first-order valence-electron chi connectivity index (χ1n) is 16.1. The first-order valence-corrected chi connectivity index (χ1v) is 16.1. The van der Waals surface area contributed by atoms with E-state index < -0.39 is 35.2 Å². The van der Waals surface area contributed by atoms with E-state index in [1.54, 1.807) is 37.8 Å². The number of hydrogen-bond acceptors (Lipinski definition) is 5. The highest BCUT2D eigenvalue weighted by molar-refractivity contribution is 6.00. The molecule has 8 nitrogen and oxygen atoms in total. The Labute approximate surface area is 278 Å². The predicted molar refractivity (Wildman–Crippen MR) is 187 cm³/mol. The molecule has 0 fully saturated rings. The van der Waals surface area contributed by atoms with Crippen LogP contribution >= 0.6 is 0 Å². The molecule has 3 amide bonds. The van der Waals surface area contributed by atoms with Gasteiger partial charge in [0.1, 0.15) is 23.4 Å². The summed E-state index contributed by atoms with van der Waals surface area (Å²) in [5.41, 5.74) is 2.42. The summed E-state index contributed by atoms with van der Waals surface area (Å²) in [5, 5.41) is 17.8. The van der Waals surface area contributed by atoms with Crippen LogP contribution < -0.4 is 10.6 Å². The number of amides is 3. The highest BCUT2D eigenvalue weighted by Crippen LogP contribution is 2.34. The molecule has 0 saturated carbocycles. The molecule has 0 radical (unpaired) electrons. The molecule has 0 aliphatic rings. The van der Waals surface area contributed by atoms with E-state index in [1.807, 2.05) is 95.3 Å². The van der Waals surface area contributed by atoms with Crippen molar-refractivity contribution in [1.29, 1.82) is 0 Å². The van der Waals surface area contributed by atoms with Gasteiger partial charge in [0.05, 0.1) is 0 Å². The number of fused-ring (bicyclic) bond motifs is 1. The lowest BCUT2D eigenvalue weighted by Crippen LogP contribution is -2.59. The van der Waals surface area contributed by atoms with Gasteiger partial charge in [0, 0.05) is 17.6 Å². The molecular formula is C39H47N3O5. The Bertz CT molecular complexity index is 1740. The quantitative estimate of drug-likeness (QED) is 0.163. The van der Waals surface area contributed by atoms with Crippen LogP contribution in [0.3, 0.4) is 0 Å². The van der Waals surface area contributed by atoms with Crippen LogP contribution in [0.15, 0.2) is 84.9 Å². The van der Waals surface area contributed by atoms with Crippen LogP contribution in [0.4, 0.5) is 10.5 Å². The third-order valence-corrected chi connectivity index (χ3v) is 8.49. The number of nitrogens with zero attached hydrogens (tertiary/aromatic N) is 1. The fourth-order valence-corrected chi connectivity index (χ4v) is 5.46. The summed E-state index contributed by atoms with van der Waals surface area (Å²) >= 11 is 0. The topological polar surface area (TPSA) is 108 Å². The summed E-state index contributed by atoms with van der Waals surface area (Å²) in [4.78, 5) is 44.2. The van der Waals surface area contributed by atoms with Crippen molar-refractivity contribution in [3.05, 3.63) is 107 Å². The van der Waals surface area contributed by atoms with Crippen molar-refractivity contribution in [2.45, 2.75) is 91.5 Å². The van der Waals surface area contributed by atoms with Gasteiger partial charge in [0.15, 0.2) is 0 Å². The lowest BCUT2D eigenvalue weighted by atomic mass is 9.90. The number of anilines is 1. The maximum Gasteiger partial charge on any atom is 0.408 e. The number of carbonyl (C=O) groups is 3. The molecule has 248 valence electrons. The number of ether oxygens (including phenoxy) is 1. The molecule has 47 heavy (non-hydrogen) atoms. The van der Waals surface area contributed by atoms with Gasteiger partial charge >= 0.3 is 6.09 Å². The van der Waals surface area contributed by atoms with Crippen LogP contribution in [0, 0.1) is 13.8 Å². The number of aryl methyl sites for hydroxylation is 2. The molecular weight excluding hydrogens is 590 g/mol. The first kappa shape index (κ1) is 35.0. The van der Waals surface area contributed by atoms with E-state index >= 15 is 0 Å². The average Bonchev–Trinajstić information content (AvgIpc) is 3.00. The van der Waals surface area contributed by atoms with Gasteiger partial charge in [-0.1, -0.05) is 67.6 Å². The Morgan fingerprint density at radius 3 is 2.11 bits per heavy atom. The Morgan fingerprint density at radius 1 is 0.830 bits per heavy atom. The van der Waals surface area contributed by atoms with Crippen molar-refractivity contribution < 1.29 is 24.2 Å². The lowest BCUT2D eigenvalue weighted by molar-refractivity contribution is -0.147. The molecule has 3 N–H and O–H groups in total. The Hall–Kier alpha value is -4.85. The minimum absolute atomic E-state index is 0.0886. The molecule has 0 spiro atoms. The van der Waals surface area contributed by atoms with Gasteiger partial charge in [-0.2, -0.15) is 0 Å². The van der Waals surface area contributed by atoms with Crippen molar-refractivity contribution in [2.24, 2.45) is 0 Å². The summed E-state index contributed by atoms with van der Waals surface area (Å²) in [6, 6.07) is 23.8. The lowest BCUT2D eigenvalue weighted by Gasteiger charge is -2.44. The summed E-state index contributed by atoms with van der Waals surface area (Å²) in [7, 11) is 0. The monoisotopic (exact) mass is 637 g/mol. The number of alkyl carbamates (subject to hydrolysis) is 1. The summed E-state index contributed by atoms with van der Waals surface area (Å²) in [6.45, 7) is 15.1. The number of hydrogen-bond donors (Lipinski definition) is 3. The molecule has 8 heteroatoms. The van der Waals surface area contributed by atoms with Crippen LogP contribution in [0.5, 0.6) is 5.75 Å². The zero-order chi connectivity index (χ0) is 34.5. The van der Waals surface area contributed by atoms with Gasteiger partial charge in [-0.25, -0.2) is 4.79 Å². The zero-order valence-electron chi connectivity index (χ0n) is 28.7. The molecule has 4 rings (SSSR count). The second-order valence-corrected chi connectivity index (χ2v) is 13.7. The second-order valence-electron chi connectivity index (χ2n) is 13.7. The molecule has 4 aromatic carbocycles. The van der Waals surface area contributed by atoms with E-state index in [9.17, 15) is 19.5 Å². The number of phenolic OH excluding ortho intramolecular Hbond substituents is 1. The number of rotatable bonds is 10. The van der Waals surface area contributed by atoms with Crippen molar-refractivity contribution in [1.82, 2.24) is 10.2 Å². The minimum atomic E-state index is -1.08. The number of nitrogens with one attached hydrogen (secondary N) is 2. The fraction of sp³-hybridized carbons (Fsp3) is 0.359. The van der Waals surface area contributed by atoms with E-state index in [2.05, 4.69) is 10.6 Å².